The minimum absolute atomic E-state index is 0.307. The van der Waals surface area contributed by atoms with Gasteiger partial charge < -0.3 is 9.84 Å². The molecule has 0 saturated heterocycles. The first-order chi connectivity index (χ1) is 9.24. The number of rotatable bonds is 8. The zero-order valence-electron chi connectivity index (χ0n) is 12.1. The van der Waals surface area contributed by atoms with Crippen molar-refractivity contribution in [2.45, 2.75) is 39.7 Å². The molecule has 1 aliphatic rings. The molecule has 0 amide bonds. The summed E-state index contributed by atoms with van der Waals surface area (Å²) in [6, 6.07) is 5.78. The Kier molecular flexibility index (Phi) is 5.08. The van der Waals surface area contributed by atoms with Gasteiger partial charge in [-0.05, 0) is 44.7 Å². The van der Waals surface area contributed by atoms with Gasteiger partial charge in [0.15, 0.2) is 11.5 Å². The minimum atomic E-state index is 0.307. The molecule has 3 nitrogen and oxygen atoms in total. The summed E-state index contributed by atoms with van der Waals surface area (Å²) in [5.74, 6) is 1.79. The highest BCUT2D eigenvalue weighted by Gasteiger charge is 2.24. The predicted octanol–water partition coefficient (Wildman–Crippen LogP) is 3.41. The molecule has 106 valence electrons. The van der Waals surface area contributed by atoms with Crippen LogP contribution in [0.15, 0.2) is 18.2 Å². The molecule has 1 N–H and O–H groups in total. The molecule has 0 bridgehead atoms. The Hall–Kier alpha value is -1.22. The van der Waals surface area contributed by atoms with Crippen molar-refractivity contribution in [3.8, 4) is 11.5 Å². The fourth-order valence-corrected chi connectivity index (χ4v) is 2.42. The lowest BCUT2D eigenvalue weighted by Crippen LogP contribution is -2.26. The second-order valence-electron chi connectivity index (χ2n) is 5.38. The van der Waals surface area contributed by atoms with Crippen LogP contribution in [0.1, 0.15) is 38.7 Å². The largest absolute Gasteiger partial charge is 0.504 e. The number of aromatic hydroxyl groups is 1. The third-order valence-corrected chi connectivity index (χ3v) is 3.53. The third kappa shape index (κ3) is 4.13. The van der Waals surface area contributed by atoms with E-state index in [1.54, 1.807) is 0 Å². The highest BCUT2D eigenvalue weighted by atomic mass is 16.5. The zero-order chi connectivity index (χ0) is 13.7. The van der Waals surface area contributed by atoms with Crippen molar-refractivity contribution in [1.82, 2.24) is 4.90 Å². The van der Waals surface area contributed by atoms with Crippen LogP contribution in [0.3, 0.4) is 0 Å². The third-order valence-electron chi connectivity index (χ3n) is 3.53. The van der Waals surface area contributed by atoms with Crippen LogP contribution >= 0.6 is 0 Å². The van der Waals surface area contributed by atoms with Crippen LogP contribution in [0.25, 0.3) is 0 Å². The molecule has 0 atom stereocenters. The minimum Gasteiger partial charge on any atom is -0.504 e. The number of hydrogen-bond donors (Lipinski definition) is 1. The normalized spacial score (nSPS) is 14.9. The van der Waals surface area contributed by atoms with E-state index in [-0.39, 0.29) is 0 Å². The molecule has 1 aromatic carbocycles. The Morgan fingerprint density at radius 2 is 2.11 bits per heavy atom. The van der Waals surface area contributed by atoms with E-state index < -0.39 is 0 Å². The van der Waals surface area contributed by atoms with E-state index in [1.807, 2.05) is 25.1 Å². The van der Waals surface area contributed by atoms with Gasteiger partial charge in [0.25, 0.3) is 0 Å². The van der Waals surface area contributed by atoms with Gasteiger partial charge in [0.1, 0.15) is 0 Å². The first-order valence-corrected chi connectivity index (χ1v) is 7.40. The number of phenolic OH excluding ortho intramolecular Hbond substituents is 1. The summed E-state index contributed by atoms with van der Waals surface area (Å²) < 4.78 is 5.44. The lowest BCUT2D eigenvalue weighted by atomic mass is 10.1. The summed E-state index contributed by atoms with van der Waals surface area (Å²) >= 11 is 0. The van der Waals surface area contributed by atoms with Gasteiger partial charge in [0.05, 0.1) is 6.61 Å². The average Bonchev–Trinajstić information content (AvgIpc) is 3.19. The van der Waals surface area contributed by atoms with Crippen molar-refractivity contribution >= 4 is 0 Å². The van der Waals surface area contributed by atoms with E-state index in [4.69, 9.17) is 4.74 Å². The van der Waals surface area contributed by atoms with Gasteiger partial charge in [-0.1, -0.05) is 19.1 Å². The smallest absolute Gasteiger partial charge is 0.162 e. The standard InChI is InChI=1S/C16H25NO2/c1-3-10-17(11-13-8-9-13)12-14-6-5-7-15(16(14)18)19-4-2/h5-7,13,18H,3-4,8-12H2,1-2H3. The van der Waals surface area contributed by atoms with Crippen molar-refractivity contribution in [3.05, 3.63) is 23.8 Å². The van der Waals surface area contributed by atoms with Crippen LogP contribution in [0, 0.1) is 5.92 Å². The fraction of sp³-hybridized carbons (Fsp3) is 0.625. The van der Waals surface area contributed by atoms with Crippen LogP contribution < -0.4 is 4.74 Å². The molecule has 19 heavy (non-hydrogen) atoms. The van der Waals surface area contributed by atoms with E-state index in [0.717, 1.165) is 37.5 Å². The van der Waals surface area contributed by atoms with Crippen molar-refractivity contribution in [2.24, 2.45) is 5.92 Å². The van der Waals surface area contributed by atoms with Crippen LogP contribution in [0.2, 0.25) is 0 Å². The molecule has 0 aliphatic heterocycles. The van der Waals surface area contributed by atoms with Crippen LogP contribution in [0.5, 0.6) is 11.5 Å². The summed E-state index contributed by atoms with van der Waals surface area (Å²) in [6.07, 6.45) is 3.88. The summed E-state index contributed by atoms with van der Waals surface area (Å²) in [6.45, 7) is 7.79. The number of phenols is 1. The molecule has 1 aromatic rings. The SMILES string of the molecule is CCCN(Cc1cccc(OCC)c1O)CC1CC1. The van der Waals surface area contributed by atoms with Gasteiger partial charge in [-0.2, -0.15) is 0 Å². The number of hydrogen-bond acceptors (Lipinski definition) is 3. The molecule has 0 radical (unpaired) electrons. The van der Waals surface area contributed by atoms with Gasteiger partial charge in [-0.3, -0.25) is 4.90 Å². The van der Waals surface area contributed by atoms with Crippen molar-refractivity contribution in [3.63, 3.8) is 0 Å². The topological polar surface area (TPSA) is 32.7 Å². The number of ether oxygens (including phenoxy) is 1. The Bertz CT molecular complexity index is 402. The molecular formula is C16H25NO2. The Morgan fingerprint density at radius 3 is 2.74 bits per heavy atom. The fourth-order valence-electron chi connectivity index (χ4n) is 2.42. The molecule has 0 spiro atoms. The Balaban J connectivity index is 2.04. The van der Waals surface area contributed by atoms with Crippen LogP contribution in [0.4, 0.5) is 0 Å². The zero-order valence-corrected chi connectivity index (χ0v) is 12.1. The van der Waals surface area contributed by atoms with E-state index in [0.29, 0.717) is 18.1 Å². The predicted molar refractivity (Wildman–Crippen MR) is 77.6 cm³/mol. The van der Waals surface area contributed by atoms with Gasteiger partial charge in [-0.25, -0.2) is 0 Å². The van der Waals surface area contributed by atoms with Crippen molar-refractivity contribution < 1.29 is 9.84 Å². The van der Waals surface area contributed by atoms with Crippen molar-refractivity contribution in [2.75, 3.05) is 19.7 Å². The monoisotopic (exact) mass is 263 g/mol. The quantitative estimate of drug-likeness (QED) is 0.780. The average molecular weight is 263 g/mol. The highest BCUT2D eigenvalue weighted by molar-refractivity contribution is 5.45. The maximum atomic E-state index is 10.2. The van der Waals surface area contributed by atoms with E-state index in [1.165, 1.54) is 12.8 Å². The molecule has 1 aliphatic carbocycles. The number of benzene rings is 1. The lowest BCUT2D eigenvalue weighted by Gasteiger charge is -2.22. The maximum Gasteiger partial charge on any atom is 0.162 e. The van der Waals surface area contributed by atoms with E-state index in [2.05, 4.69) is 11.8 Å². The molecule has 2 rings (SSSR count). The molecule has 1 saturated carbocycles. The second kappa shape index (κ2) is 6.80. The first kappa shape index (κ1) is 14.2. The van der Waals surface area contributed by atoms with Crippen LogP contribution in [-0.2, 0) is 6.54 Å². The van der Waals surface area contributed by atoms with Crippen molar-refractivity contribution in [1.29, 1.82) is 0 Å². The molecule has 0 heterocycles. The first-order valence-electron chi connectivity index (χ1n) is 7.40. The molecule has 1 fully saturated rings. The molecule has 0 aromatic heterocycles. The van der Waals surface area contributed by atoms with E-state index >= 15 is 0 Å². The second-order valence-corrected chi connectivity index (χ2v) is 5.38. The van der Waals surface area contributed by atoms with Gasteiger partial charge in [-0.15, -0.1) is 0 Å². The Morgan fingerprint density at radius 1 is 1.32 bits per heavy atom. The van der Waals surface area contributed by atoms with Crippen LogP contribution in [-0.4, -0.2) is 29.7 Å². The summed E-state index contributed by atoms with van der Waals surface area (Å²) in [4.78, 5) is 2.45. The van der Waals surface area contributed by atoms with Gasteiger partial charge in [0.2, 0.25) is 0 Å². The van der Waals surface area contributed by atoms with E-state index in [9.17, 15) is 5.11 Å². The number of nitrogens with zero attached hydrogens (tertiary/aromatic N) is 1. The lowest BCUT2D eigenvalue weighted by molar-refractivity contribution is 0.249. The van der Waals surface area contributed by atoms with Gasteiger partial charge in [0, 0.05) is 18.7 Å². The summed E-state index contributed by atoms with van der Waals surface area (Å²) in [7, 11) is 0. The molecule has 3 heteroatoms. The molecular weight excluding hydrogens is 238 g/mol. The highest BCUT2D eigenvalue weighted by Crippen LogP contribution is 2.33. The Labute approximate surface area is 116 Å². The molecule has 0 unspecified atom stereocenters. The maximum absolute atomic E-state index is 10.2. The number of para-hydroxylation sites is 1. The van der Waals surface area contributed by atoms with Gasteiger partial charge >= 0.3 is 0 Å². The summed E-state index contributed by atoms with van der Waals surface area (Å²) in [5.41, 5.74) is 0.972. The summed E-state index contributed by atoms with van der Waals surface area (Å²) in [5, 5.41) is 10.2.